The fraction of sp³-hybridized carbons (Fsp3) is 1.00. The molecule has 3 N–H and O–H groups in total. The number of hydrogen-bond acceptors (Lipinski definition) is 4. The Balaban J connectivity index is 2.36. The number of rotatable bonds is 8. The van der Waals surface area contributed by atoms with E-state index in [0.717, 1.165) is 25.7 Å². The van der Waals surface area contributed by atoms with Crippen molar-refractivity contribution in [3.05, 3.63) is 0 Å². The van der Waals surface area contributed by atoms with Gasteiger partial charge in [-0.2, -0.15) is 0 Å². The highest BCUT2D eigenvalue weighted by molar-refractivity contribution is 7.89. The van der Waals surface area contributed by atoms with Gasteiger partial charge in [0.1, 0.15) is 0 Å². The summed E-state index contributed by atoms with van der Waals surface area (Å²) in [5.41, 5.74) is 5.76. The fourth-order valence-electron chi connectivity index (χ4n) is 2.31. The minimum atomic E-state index is -3.24. The van der Waals surface area contributed by atoms with Gasteiger partial charge in [-0.15, -0.1) is 0 Å². The molecule has 1 aliphatic carbocycles. The van der Waals surface area contributed by atoms with E-state index in [0.29, 0.717) is 13.1 Å². The first-order chi connectivity index (χ1) is 8.39. The lowest BCUT2D eigenvalue weighted by Gasteiger charge is -2.27. The van der Waals surface area contributed by atoms with Crippen molar-refractivity contribution in [2.24, 2.45) is 11.1 Å². The Bertz CT molecular complexity index is 335. The lowest BCUT2D eigenvalue weighted by Crippen LogP contribution is -2.41. The lowest BCUT2D eigenvalue weighted by atomic mass is 9.87. The number of nitrogens with one attached hydrogen (secondary N) is 1. The minimum absolute atomic E-state index is 0.0197. The summed E-state index contributed by atoms with van der Waals surface area (Å²) >= 11 is 0. The molecule has 0 bridgehead atoms. The van der Waals surface area contributed by atoms with E-state index < -0.39 is 10.0 Å². The summed E-state index contributed by atoms with van der Waals surface area (Å²) < 4.78 is 31.5. The average molecular weight is 278 g/mol. The molecule has 1 saturated carbocycles. The number of sulfonamides is 1. The van der Waals surface area contributed by atoms with Gasteiger partial charge in [0.15, 0.2) is 0 Å². The predicted molar refractivity (Wildman–Crippen MR) is 72.8 cm³/mol. The molecule has 0 aromatic rings. The van der Waals surface area contributed by atoms with Gasteiger partial charge in [0.2, 0.25) is 10.0 Å². The number of hydrogen-bond donors (Lipinski definition) is 2. The maximum absolute atomic E-state index is 11.8. The van der Waals surface area contributed by atoms with Crippen LogP contribution < -0.4 is 10.5 Å². The summed E-state index contributed by atoms with van der Waals surface area (Å²) in [4.78, 5) is 0. The Hall–Kier alpha value is -0.170. The van der Waals surface area contributed by atoms with E-state index in [9.17, 15) is 8.42 Å². The van der Waals surface area contributed by atoms with E-state index in [2.05, 4.69) is 4.72 Å². The van der Waals surface area contributed by atoms with Gasteiger partial charge in [0, 0.05) is 6.54 Å². The van der Waals surface area contributed by atoms with E-state index in [4.69, 9.17) is 10.5 Å². The molecule has 0 unspecified atom stereocenters. The Morgan fingerprint density at radius 3 is 2.44 bits per heavy atom. The lowest BCUT2D eigenvalue weighted by molar-refractivity contribution is 0.0911. The highest BCUT2D eigenvalue weighted by atomic mass is 32.2. The third kappa shape index (κ3) is 5.22. The summed E-state index contributed by atoms with van der Waals surface area (Å²) in [6, 6.07) is 0. The molecular weight excluding hydrogens is 252 g/mol. The topological polar surface area (TPSA) is 81.4 Å². The second kappa shape index (κ2) is 6.84. The normalized spacial score (nSPS) is 19.6. The molecule has 0 heterocycles. The maximum atomic E-state index is 11.8. The zero-order chi connectivity index (χ0) is 13.6. The van der Waals surface area contributed by atoms with E-state index in [1.807, 2.05) is 13.8 Å². The molecule has 0 atom stereocenters. The smallest absolute Gasteiger partial charge is 0.213 e. The van der Waals surface area contributed by atoms with Gasteiger partial charge in [0.05, 0.1) is 18.5 Å². The molecule has 18 heavy (non-hydrogen) atoms. The van der Waals surface area contributed by atoms with Crippen molar-refractivity contribution in [1.82, 2.24) is 4.72 Å². The minimum Gasteiger partial charge on any atom is -0.378 e. The van der Waals surface area contributed by atoms with Crippen molar-refractivity contribution in [2.45, 2.75) is 45.6 Å². The first-order valence-corrected chi connectivity index (χ1v) is 8.33. The molecule has 1 aliphatic rings. The predicted octanol–water partition coefficient (Wildman–Crippen LogP) is 0.850. The Morgan fingerprint density at radius 2 is 1.94 bits per heavy atom. The van der Waals surface area contributed by atoms with Crippen LogP contribution in [0.25, 0.3) is 0 Å². The maximum Gasteiger partial charge on any atom is 0.213 e. The second-order valence-corrected chi connectivity index (χ2v) is 7.40. The number of ether oxygens (including phenoxy) is 1. The molecule has 0 radical (unpaired) electrons. The van der Waals surface area contributed by atoms with Crippen LogP contribution in [0.1, 0.15) is 39.5 Å². The first-order valence-electron chi connectivity index (χ1n) is 6.68. The summed E-state index contributed by atoms with van der Waals surface area (Å²) in [6.45, 7) is 5.04. The third-order valence-electron chi connectivity index (χ3n) is 3.57. The quantitative estimate of drug-likeness (QED) is 0.689. The van der Waals surface area contributed by atoms with Crippen LogP contribution in [0.2, 0.25) is 0 Å². The Labute approximate surface area is 111 Å². The molecule has 1 rings (SSSR count). The summed E-state index contributed by atoms with van der Waals surface area (Å²) in [5.74, 6) is 0.0197. The van der Waals surface area contributed by atoms with Crippen LogP contribution in [0, 0.1) is 5.41 Å². The Kier molecular flexibility index (Phi) is 6.04. The molecule has 0 aliphatic heterocycles. The van der Waals surface area contributed by atoms with Gasteiger partial charge in [-0.1, -0.05) is 12.8 Å². The summed E-state index contributed by atoms with van der Waals surface area (Å²) in [6.07, 6.45) is 4.40. The van der Waals surface area contributed by atoms with Crippen molar-refractivity contribution in [1.29, 1.82) is 0 Å². The molecule has 108 valence electrons. The molecule has 0 saturated heterocycles. The molecule has 0 aromatic heterocycles. The van der Waals surface area contributed by atoms with Gasteiger partial charge in [-0.05, 0) is 38.6 Å². The van der Waals surface area contributed by atoms with Crippen LogP contribution in [-0.2, 0) is 14.8 Å². The third-order valence-corrected chi connectivity index (χ3v) is 4.86. The molecule has 5 nitrogen and oxygen atoms in total. The number of nitrogens with two attached hydrogens (primary N) is 1. The standard InChI is InChI=1S/C12H26N2O3S/c1-11(2)17-7-8-18(15,16)14-10-12(9-13)5-3-4-6-12/h11,14H,3-10,13H2,1-2H3. The zero-order valence-corrected chi connectivity index (χ0v) is 12.3. The zero-order valence-electron chi connectivity index (χ0n) is 11.4. The van der Waals surface area contributed by atoms with Crippen molar-refractivity contribution in [3.63, 3.8) is 0 Å². The van der Waals surface area contributed by atoms with E-state index >= 15 is 0 Å². The fourth-order valence-corrected chi connectivity index (χ4v) is 3.29. The van der Waals surface area contributed by atoms with Gasteiger partial charge in [-0.25, -0.2) is 13.1 Å². The second-order valence-electron chi connectivity index (χ2n) is 5.47. The van der Waals surface area contributed by atoms with Crippen LogP contribution in [0.4, 0.5) is 0 Å². The van der Waals surface area contributed by atoms with Crippen LogP contribution in [-0.4, -0.2) is 40.0 Å². The monoisotopic (exact) mass is 278 g/mol. The van der Waals surface area contributed by atoms with Gasteiger partial charge >= 0.3 is 0 Å². The van der Waals surface area contributed by atoms with Gasteiger partial charge < -0.3 is 10.5 Å². The highest BCUT2D eigenvalue weighted by Crippen LogP contribution is 2.36. The van der Waals surface area contributed by atoms with E-state index in [-0.39, 0.29) is 23.9 Å². The molecule has 0 amide bonds. The molecule has 0 spiro atoms. The van der Waals surface area contributed by atoms with Crippen molar-refractivity contribution >= 4 is 10.0 Å². The van der Waals surface area contributed by atoms with Gasteiger partial charge in [-0.3, -0.25) is 0 Å². The van der Waals surface area contributed by atoms with Gasteiger partial charge in [0.25, 0.3) is 0 Å². The Morgan fingerprint density at radius 1 is 1.33 bits per heavy atom. The van der Waals surface area contributed by atoms with Crippen LogP contribution in [0.3, 0.4) is 0 Å². The summed E-state index contributed by atoms with van der Waals surface area (Å²) in [5, 5.41) is 0. The van der Waals surface area contributed by atoms with E-state index in [1.165, 1.54) is 0 Å². The first kappa shape index (κ1) is 15.9. The van der Waals surface area contributed by atoms with Crippen molar-refractivity contribution in [2.75, 3.05) is 25.4 Å². The highest BCUT2D eigenvalue weighted by Gasteiger charge is 2.33. The van der Waals surface area contributed by atoms with Crippen LogP contribution >= 0.6 is 0 Å². The SMILES string of the molecule is CC(C)OCCS(=O)(=O)NCC1(CN)CCCC1. The summed E-state index contributed by atoms with van der Waals surface area (Å²) in [7, 11) is -3.24. The van der Waals surface area contributed by atoms with E-state index in [1.54, 1.807) is 0 Å². The molecule has 0 aromatic carbocycles. The average Bonchev–Trinajstić information content (AvgIpc) is 2.75. The molecule has 6 heteroatoms. The molecular formula is C12H26N2O3S. The largest absolute Gasteiger partial charge is 0.378 e. The van der Waals surface area contributed by atoms with Crippen LogP contribution in [0.15, 0.2) is 0 Å². The van der Waals surface area contributed by atoms with Crippen molar-refractivity contribution in [3.8, 4) is 0 Å². The van der Waals surface area contributed by atoms with Crippen LogP contribution in [0.5, 0.6) is 0 Å². The van der Waals surface area contributed by atoms with Crippen molar-refractivity contribution < 1.29 is 13.2 Å². The molecule has 1 fully saturated rings.